The van der Waals surface area contributed by atoms with Crippen molar-refractivity contribution in [3.8, 4) is 0 Å². The van der Waals surface area contributed by atoms with E-state index in [1.165, 1.54) is 12.8 Å². The van der Waals surface area contributed by atoms with Crippen molar-refractivity contribution in [3.63, 3.8) is 0 Å². The monoisotopic (exact) mass is 295 g/mol. The molecule has 1 N–H and O–H groups in total. The van der Waals surface area contributed by atoms with Crippen molar-refractivity contribution in [1.82, 2.24) is 15.5 Å². The molecule has 6 heteroatoms. The molecule has 0 aliphatic heterocycles. The Morgan fingerprint density at radius 2 is 2.11 bits per heavy atom. The van der Waals surface area contributed by atoms with Gasteiger partial charge in [-0.15, -0.1) is 11.8 Å². The van der Waals surface area contributed by atoms with Gasteiger partial charge in [-0.3, -0.25) is 0 Å². The third kappa shape index (κ3) is 3.96. The van der Waals surface area contributed by atoms with Crippen molar-refractivity contribution in [2.45, 2.75) is 36.1 Å². The average molecular weight is 296 g/mol. The first-order valence-electron chi connectivity index (χ1n) is 6.23. The van der Waals surface area contributed by atoms with Gasteiger partial charge in [0.25, 0.3) is 0 Å². The van der Waals surface area contributed by atoms with Crippen molar-refractivity contribution in [3.05, 3.63) is 41.0 Å². The largest absolute Gasteiger partial charge is 0.338 e. The molecule has 0 unspecified atom stereocenters. The van der Waals surface area contributed by atoms with Crippen LogP contribution in [0.4, 0.5) is 0 Å². The molecule has 19 heavy (non-hydrogen) atoms. The van der Waals surface area contributed by atoms with Gasteiger partial charge in [0.1, 0.15) is 0 Å². The lowest BCUT2D eigenvalue weighted by molar-refractivity contribution is 0.363. The van der Waals surface area contributed by atoms with Crippen LogP contribution in [-0.2, 0) is 12.3 Å². The number of rotatable bonds is 6. The molecule has 100 valence electrons. The molecule has 1 saturated carbocycles. The summed E-state index contributed by atoms with van der Waals surface area (Å²) in [6.45, 7) is 0.670. The third-order valence-electron chi connectivity index (χ3n) is 2.81. The van der Waals surface area contributed by atoms with Gasteiger partial charge in [0.2, 0.25) is 5.89 Å². The Bertz CT molecular complexity index is 539. The minimum Gasteiger partial charge on any atom is -0.338 e. The first-order valence-corrected chi connectivity index (χ1v) is 7.59. The molecule has 0 amide bonds. The van der Waals surface area contributed by atoms with E-state index in [1.807, 2.05) is 24.3 Å². The fourth-order valence-electron chi connectivity index (χ4n) is 1.62. The minimum absolute atomic E-state index is 0.652. The van der Waals surface area contributed by atoms with Crippen molar-refractivity contribution < 1.29 is 4.52 Å². The van der Waals surface area contributed by atoms with Crippen LogP contribution in [0.5, 0.6) is 0 Å². The van der Waals surface area contributed by atoms with E-state index in [1.54, 1.807) is 11.8 Å². The first kappa shape index (κ1) is 13.0. The average Bonchev–Trinajstić information content (AvgIpc) is 3.15. The van der Waals surface area contributed by atoms with Crippen molar-refractivity contribution in [2.24, 2.45) is 0 Å². The van der Waals surface area contributed by atoms with Gasteiger partial charge in [0.05, 0.1) is 12.3 Å². The molecule has 1 aliphatic rings. The molecule has 0 atom stereocenters. The lowest BCUT2D eigenvalue weighted by Gasteiger charge is -1.98. The molecule has 1 fully saturated rings. The Hall–Kier alpha value is -1.04. The molecule has 0 radical (unpaired) electrons. The highest BCUT2D eigenvalue weighted by Crippen LogP contribution is 2.23. The van der Waals surface area contributed by atoms with Crippen molar-refractivity contribution in [2.75, 3.05) is 0 Å². The normalized spacial score (nSPS) is 14.8. The summed E-state index contributed by atoms with van der Waals surface area (Å²) in [6.07, 6.45) is 2.51. The predicted molar refractivity (Wildman–Crippen MR) is 75.2 cm³/mol. The van der Waals surface area contributed by atoms with E-state index in [0.29, 0.717) is 24.2 Å². The predicted octanol–water partition coefficient (Wildman–Crippen LogP) is 3.27. The van der Waals surface area contributed by atoms with Crippen LogP contribution in [0.3, 0.4) is 0 Å². The van der Waals surface area contributed by atoms with E-state index in [9.17, 15) is 0 Å². The number of halogens is 1. The highest BCUT2D eigenvalue weighted by Gasteiger charge is 2.21. The van der Waals surface area contributed by atoms with Gasteiger partial charge in [0, 0.05) is 16.0 Å². The Balaban J connectivity index is 1.50. The number of aromatic nitrogens is 2. The van der Waals surface area contributed by atoms with Gasteiger partial charge in [-0.1, -0.05) is 16.8 Å². The second-order valence-electron chi connectivity index (χ2n) is 4.50. The number of hydrogen-bond donors (Lipinski definition) is 1. The van der Waals surface area contributed by atoms with Crippen LogP contribution in [0.2, 0.25) is 5.02 Å². The summed E-state index contributed by atoms with van der Waals surface area (Å²) in [5.41, 5.74) is 0. The Morgan fingerprint density at radius 3 is 2.84 bits per heavy atom. The van der Waals surface area contributed by atoms with Crippen LogP contribution in [0.15, 0.2) is 33.7 Å². The van der Waals surface area contributed by atoms with Crippen LogP contribution < -0.4 is 5.32 Å². The molecular formula is C13H14ClN3OS. The lowest BCUT2D eigenvalue weighted by atomic mass is 10.4. The van der Waals surface area contributed by atoms with Crippen molar-refractivity contribution in [1.29, 1.82) is 0 Å². The van der Waals surface area contributed by atoms with Crippen LogP contribution in [0, 0.1) is 0 Å². The summed E-state index contributed by atoms with van der Waals surface area (Å²) in [6, 6.07) is 8.39. The van der Waals surface area contributed by atoms with E-state index >= 15 is 0 Å². The fourth-order valence-corrected chi connectivity index (χ4v) is 2.49. The van der Waals surface area contributed by atoms with Gasteiger partial charge >= 0.3 is 0 Å². The molecule has 0 spiro atoms. The molecule has 4 nitrogen and oxygen atoms in total. The summed E-state index contributed by atoms with van der Waals surface area (Å²) >= 11 is 7.51. The number of hydrogen-bond acceptors (Lipinski definition) is 5. The second kappa shape index (κ2) is 5.94. The topological polar surface area (TPSA) is 51.0 Å². The Morgan fingerprint density at radius 1 is 1.32 bits per heavy atom. The molecule has 1 heterocycles. The van der Waals surface area contributed by atoms with E-state index in [2.05, 4.69) is 15.5 Å². The van der Waals surface area contributed by atoms with Crippen LogP contribution >= 0.6 is 23.4 Å². The molecule has 0 bridgehead atoms. The molecular weight excluding hydrogens is 282 g/mol. The Labute approximate surface area is 120 Å². The van der Waals surface area contributed by atoms with Crippen LogP contribution in [-0.4, -0.2) is 16.2 Å². The molecule has 3 rings (SSSR count). The quantitative estimate of drug-likeness (QED) is 0.829. The van der Waals surface area contributed by atoms with Gasteiger partial charge in [-0.25, -0.2) is 0 Å². The Kier molecular flexibility index (Phi) is 4.06. The summed E-state index contributed by atoms with van der Waals surface area (Å²) < 4.78 is 5.19. The maximum absolute atomic E-state index is 5.84. The fraction of sp³-hybridized carbons (Fsp3) is 0.385. The third-order valence-corrected chi connectivity index (χ3v) is 4.07. The minimum atomic E-state index is 0.652. The summed E-state index contributed by atoms with van der Waals surface area (Å²) in [4.78, 5) is 5.50. The lowest BCUT2D eigenvalue weighted by Crippen LogP contribution is -2.15. The zero-order valence-corrected chi connectivity index (χ0v) is 11.9. The van der Waals surface area contributed by atoms with Gasteiger partial charge in [-0.2, -0.15) is 4.98 Å². The number of nitrogens with one attached hydrogen (secondary N) is 1. The summed E-state index contributed by atoms with van der Waals surface area (Å²) in [5.74, 6) is 2.10. The zero-order chi connectivity index (χ0) is 13.1. The summed E-state index contributed by atoms with van der Waals surface area (Å²) in [7, 11) is 0. The number of thioether (sulfide) groups is 1. The highest BCUT2D eigenvalue weighted by atomic mass is 35.5. The second-order valence-corrected chi connectivity index (χ2v) is 5.99. The smallest absolute Gasteiger partial charge is 0.240 e. The van der Waals surface area contributed by atoms with E-state index in [4.69, 9.17) is 16.1 Å². The van der Waals surface area contributed by atoms with E-state index in [-0.39, 0.29) is 0 Å². The molecule has 0 saturated heterocycles. The van der Waals surface area contributed by atoms with Crippen molar-refractivity contribution >= 4 is 23.4 Å². The molecule has 2 aromatic rings. The molecule has 1 aromatic heterocycles. The maximum atomic E-state index is 5.84. The standard InChI is InChI=1S/C13H14ClN3OS/c14-9-1-5-11(6-2-9)19-8-12-16-13(18-17-12)7-15-10-3-4-10/h1-2,5-6,10,15H,3-4,7-8H2. The highest BCUT2D eigenvalue weighted by molar-refractivity contribution is 7.98. The zero-order valence-electron chi connectivity index (χ0n) is 10.3. The van der Waals surface area contributed by atoms with Gasteiger partial charge in [0.15, 0.2) is 5.82 Å². The number of benzene rings is 1. The van der Waals surface area contributed by atoms with E-state index in [0.717, 1.165) is 15.7 Å². The van der Waals surface area contributed by atoms with E-state index < -0.39 is 0 Å². The maximum Gasteiger partial charge on any atom is 0.240 e. The first-order chi connectivity index (χ1) is 9.29. The van der Waals surface area contributed by atoms with Crippen LogP contribution in [0.25, 0.3) is 0 Å². The van der Waals surface area contributed by atoms with Gasteiger partial charge in [-0.05, 0) is 37.1 Å². The van der Waals surface area contributed by atoms with Crippen LogP contribution in [0.1, 0.15) is 24.6 Å². The number of nitrogens with zero attached hydrogens (tertiary/aromatic N) is 2. The van der Waals surface area contributed by atoms with Gasteiger partial charge < -0.3 is 9.84 Å². The molecule has 1 aromatic carbocycles. The summed E-state index contributed by atoms with van der Waals surface area (Å²) in [5, 5.41) is 8.07. The molecule has 1 aliphatic carbocycles. The SMILES string of the molecule is Clc1ccc(SCc2noc(CNC3CC3)n2)cc1.